The first-order chi connectivity index (χ1) is 23.5. The molecule has 0 aromatic rings. The third-order valence-electron chi connectivity index (χ3n) is 7.91. The van der Waals surface area contributed by atoms with Gasteiger partial charge in [-0.25, -0.2) is 4.57 Å². The van der Waals surface area contributed by atoms with Crippen LogP contribution in [0.25, 0.3) is 0 Å². The van der Waals surface area contributed by atoms with Crippen molar-refractivity contribution in [3.05, 3.63) is 36.5 Å². The van der Waals surface area contributed by atoms with E-state index in [1.807, 2.05) is 33.3 Å². The highest BCUT2D eigenvalue weighted by Gasteiger charge is 2.27. The molecule has 49 heavy (non-hydrogen) atoms. The fourth-order valence-electron chi connectivity index (χ4n) is 4.82. The number of allylic oxidation sites excluding steroid dienone is 6. The van der Waals surface area contributed by atoms with Gasteiger partial charge in [-0.1, -0.05) is 115 Å². The van der Waals surface area contributed by atoms with Crippen LogP contribution in [0.5, 0.6) is 0 Å². The number of carbonyl (C=O) groups is 2. The van der Waals surface area contributed by atoms with Crippen molar-refractivity contribution in [2.75, 3.05) is 47.5 Å². The lowest BCUT2D eigenvalue weighted by Gasteiger charge is -2.24. The van der Waals surface area contributed by atoms with Crippen LogP contribution in [0.15, 0.2) is 36.5 Å². The lowest BCUT2D eigenvalue weighted by Crippen LogP contribution is -2.37. The number of ether oxygens (including phenoxy) is 2. The lowest BCUT2D eigenvalue weighted by molar-refractivity contribution is -0.870. The largest absolute Gasteiger partial charge is 0.472 e. The van der Waals surface area contributed by atoms with Gasteiger partial charge in [0, 0.05) is 12.8 Å². The van der Waals surface area contributed by atoms with Gasteiger partial charge in [0.2, 0.25) is 0 Å². The van der Waals surface area contributed by atoms with Gasteiger partial charge in [0.05, 0.1) is 27.7 Å². The number of carbonyl (C=O) groups excluding carboxylic acids is 2. The smallest absolute Gasteiger partial charge is 0.462 e. The number of esters is 2. The molecule has 0 spiro atoms. The van der Waals surface area contributed by atoms with Crippen LogP contribution in [-0.2, 0) is 32.7 Å². The van der Waals surface area contributed by atoms with Gasteiger partial charge in [0.15, 0.2) is 6.10 Å². The minimum Gasteiger partial charge on any atom is -0.462 e. The van der Waals surface area contributed by atoms with Crippen molar-refractivity contribution in [2.45, 2.75) is 155 Å². The molecular formula is C39H73NO8P+. The first kappa shape index (κ1) is 47.2. The van der Waals surface area contributed by atoms with Gasteiger partial charge in [-0.15, -0.1) is 0 Å². The van der Waals surface area contributed by atoms with Crippen LogP contribution < -0.4 is 0 Å². The Labute approximate surface area is 300 Å². The van der Waals surface area contributed by atoms with E-state index in [-0.39, 0.29) is 26.1 Å². The van der Waals surface area contributed by atoms with Crippen molar-refractivity contribution in [3.8, 4) is 0 Å². The molecule has 0 saturated heterocycles. The summed E-state index contributed by atoms with van der Waals surface area (Å²) in [5.74, 6) is -0.891. The van der Waals surface area contributed by atoms with E-state index >= 15 is 0 Å². The highest BCUT2D eigenvalue weighted by Crippen LogP contribution is 2.43. The molecule has 286 valence electrons. The Balaban J connectivity index is 4.55. The maximum Gasteiger partial charge on any atom is 0.472 e. The standard InChI is InChI=1S/C39H72NO8P/c1-6-8-10-12-14-16-18-20-22-24-26-28-30-32-39(42)48-37(36-47-49(43,44)46-34-33-40(3,4)5)35-45-38(41)31-29-27-25-23-21-19-17-15-13-11-9-7-2/h15,17,20,22,26,28,37H,6-14,16,18-19,21,23-25,27,29-36H2,1-5H3/p+1/b17-15+,22-20+,28-26+. The number of phosphoric ester groups is 1. The van der Waals surface area contributed by atoms with E-state index in [0.29, 0.717) is 17.4 Å². The first-order valence-corrected chi connectivity index (χ1v) is 20.7. The van der Waals surface area contributed by atoms with Gasteiger partial charge >= 0.3 is 19.8 Å². The van der Waals surface area contributed by atoms with E-state index in [0.717, 1.165) is 51.4 Å². The Hall–Kier alpha value is -1.77. The minimum absolute atomic E-state index is 0.0209. The van der Waals surface area contributed by atoms with E-state index in [1.165, 1.54) is 64.2 Å². The Morgan fingerprint density at radius 3 is 1.76 bits per heavy atom. The number of unbranched alkanes of at least 4 members (excludes halogenated alkanes) is 14. The summed E-state index contributed by atoms with van der Waals surface area (Å²) in [5, 5.41) is 0. The highest BCUT2D eigenvalue weighted by molar-refractivity contribution is 7.47. The average molecular weight is 715 g/mol. The second-order valence-electron chi connectivity index (χ2n) is 14.0. The van der Waals surface area contributed by atoms with Gasteiger partial charge in [-0.3, -0.25) is 18.6 Å². The number of phosphoric acid groups is 1. The SMILES string of the molecule is CCCCC/C=C/CCCCCCCC(=O)OCC(COP(=O)(O)OCC[N+](C)(C)C)OC(=O)CC/C=C/C/C=C/CCCCCCCC. The van der Waals surface area contributed by atoms with Crippen molar-refractivity contribution < 1.29 is 42.1 Å². The summed E-state index contributed by atoms with van der Waals surface area (Å²) in [6.45, 7) is 4.29. The first-order valence-electron chi connectivity index (χ1n) is 19.2. The summed E-state index contributed by atoms with van der Waals surface area (Å²) in [4.78, 5) is 35.1. The van der Waals surface area contributed by atoms with Gasteiger partial charge in [0.1, 0.15) is 19.8 Å². The number of nitrogens with zero attached hydrogens (tertiary/aromatic N) is 1. The zero-order valence-corrected chi connectivity index (χ0v) is 32.8. The topological polar surface area (TPSA) is 108 Å². The van der Waals surface area contributed by atoms with Gasteiger partial charge < -0.3 is 18.9 Å². The molecule has 0 heterocycles. The molecule has 0 saturated carbocycles. The Morgan fingerprint density at radius 1 is 0.633 bits per heavy atom. The van der Waals surface area contributed by atoms with Gasteiger partial charge in [-0.2, -0.15) is 0 Å². The van der Waals surface area contributed by atoms with Crippen LogP contribution in [0.1, 0.15) is 149 Å². The summed E-state index contributed by atoms with van der Waals surface area (Å²) < 4.78 is 34.0. The van der Waals surface area contributed by atoms with Crippen LogP contribution in [0, 0.1) is 0 Å². The highest BCUT2D eigenvalue weighted by atomic mass is 31.2. The van der Waals surface area contributed by atoms with Gasteiger partial charge in [0.25, 0.3) is 0 Å². The second kappa shape index (κ2) is 32.2. The van der Waals surface area contributed by atoms with E-state index in [2.05, 4.69) is 38.2 Å². The maximum absolute atomic E-state index is 12.6. The summed E-state index contributed by atoms with van der Waals surface area (Å²) in [6.07, 6.45) is 33.5. The zero-order valence-electron chi connectivity index (χ0n) is 31.9. The van der Waals surface area contributed by atoms with Crippen LogP contribution in [-0.4, -0.2) is 74.9 Å². The van der Waals surface area contributed by atoms with Crippen molar-refractivity contribution in [3.63, 3.8) is 0 Å². The van der Waals surface area contributed by atoms with Crippen LogP contribution >= 0.6 is 7.82 Å². The quantitative estimate of drug-likeness (QED) is 0.0231. The Bertz CT molecular complexity index is 944. The van der Waals surface area contributed by atoms with E-state index in [1.54, 1.807) is 0 Å². The molecule has 0 bridgehead atoms. The molecule has 2 unspecified atom stereocenters. The molecule has 0 aliphatic heterocycles. The molecule has 0 fully saturated rings. The molecule has 0 aliphatic rings. The summed E-state index contributed by atoms with van der Waals surface area (Å²) >= 11 is 0. The maximum atomic E-state index is 12.6. The minimum atomic E-state index is -4.38. The number of hydrogen-bond acceptors (Lipinski definition) is 7. The van der Waals surface area contributed by atoms with Crippen molar-refractivity contribution in [1.29, 1.82) is 0 Å². The third-order valence-corrected chi connectivity index (χ3v) is 8.89. The summed E-state index contributed by atoms with van der Waals surface area (Å²) in [5.41, 5.74) is 0. The molecular weight excluding hydrogens is 641 g/mol. The van der Waals surface area contributed by atoms with Crippen LogP contribution in [0.4, 0.5) is 0 Å². The second-order valence-corrected chi connectivity index (χ2v) is 15.4. The summed E-state index contributed by atoms with van der Waals surface area (Å²) in [7, 11) is 1.44. The zero-order chi connectivity index (χ0) is 36.5. The fraction of sp³-hybridized carbons (Fsp3) is 0.795. The number of likely N-dealkylation sites (N-methyl/N-ethyl adjacent to an activating group) is 1. The predicted molar refractivity (Wildman–Crippen MR) is 201 cm³/mol. The number of rotatable bonds is 34. The van der Waals surface area contributed by atoms with Crippen molar-refractivity contribution >= 4 is 19.8 Å². The predicted octanol–water partition coefficient (Wildman–Crippen LogP) is 10.2. The molecule has 10 heteroatoms. The van der Waals surface area contributed by atoms with Gasteiger partial charge in [-0.05, 0) is 57.8 Å². The summed E-state index contributed by atoms with van der Waals surface area (Å²) in [6, 6.07) is 0. The molecule has 0 rings (SSSR count). The van der Waals surface area contributed by atoms with Crippen molar-refractivity contribution in [2.24, 2.45) is 0 Å². The van der Waals surface area contributed by atoms with E-state index in [9.17, 15) is 19.0 Å². The molecule has 9 nitrogen and oxygen atoms in total. The average Bonchev–Trinajstić information content (AvgIpc) is 3.04. The van der Waals surface area contributed by atoms with E-state index < -0.39 is 32.5 Å². The number of hydrogen-bond donors (Lipinski definition) is 1. The molecule has 0 aliphatic carbocycles. The third kappa shape index (κ3) is 35.8. The normalized spacial score (nSPS) is 14.2. The monoisotopic (exact) mass is 715 g/mol. The van der Waals surface area contributed by atoms with Crippen LogP contribution in [0.3, 0.4) is 0 Å². The molecule has 2 atom stereocenters. The van der Waals surface area contributed by atoms with Crippen LogP contribution in [0.2, 0.25) is 0 Å². The Kier molecular flexibility index (Phi) is 31.0. The molecule has 0 aromatic heterocycles. The molecule has 0 radical (unpaired) electrons. The molecule has 1 N–H and O–H groups in total. The number of quaternary nitrogens is 1. The van der Waals surface area contributed by atoms with E-state index in [4.69, 9.17) is 18.5 Å². The van der Waals surface area contributed by atoms with Crippen molar-refractivity contribution in [1.82, 2.24) is 0 Å². The molecule has 0 amide bonds. The fourth-order valence-corrected chi connectivity index (χ4v) is 5.57. The lowest BCUT2D eigenvalue weighted by atomic mass is 10.1. The molecule has 0 aromatic carbocycles. The Morgan fingerprint density at radius 2 is 1.14 bits per heavy atom.